The van der Waals surface area contributed by atoms with Gasteiger partial charge in [0.25, 0.3) is 0 Å². The van der Waals surface area contributed by atoms with Gasteiger partial charge in [0.2, 0.25) is 0 Å². The molecule has 1 aliphatic rings. The predicted octanol–water partition coefficient (Wildman–Crippen LogP) is 7.23. The monoisotopic (exact) mass is 435 g/mol. The highest BCUT2D eigenvalue weighted by atomic mass is 32.1. The summed E-state index contributed by atoms with van der Waals surface area (Å²) in [5.41, 5.74) is 3.59. The van der Waals surface area contributed by atoms with Crippen LogP contribution in [0.5, 0.6) is 0 Å². The fraction of sp³-hybridized carbons (Fsp3) is 0.481. The molecule has 0 spiro atoms. The molecule has 164 valence electrons. The van der Waals surface area contributed by atoms with Crippen LogP contribution in [0, 0.1) is 17.2 Å². The van der Waals surface area contributed by atoms with Crippen molar-refractivity contribution in [2.24, 2.45) is 5.92 Å². The number of hydrogen-bond acceptors (Lipinski definition) is 4. The predicted molar refractivity (Wildman–Crippen MR) is 127 cm³/mol. The Morgan fingerprint density at radius 3 is 2.61 bits per heavy atom. The number of aryl methyl sites for hydroxylation is 2. The number of methoxy groups -OCH3 is 1. The van der Waals surface area contributed by atoms with E-state index in [1.165, 1.54) is 60.1 Å². The van der Waals surface area contributed by atoms with Crippen molar-refractivity contribution in [3.05, 3.63) is 68.9 Å². The van der Waals surface area contributed by atoms with E-state index >= 15 is 0 Å². The molecule has 3 rings (SSSR count). The van der Waals surface area contributed by atoms with Crippen LogP contribution >= 0.6 is 11.3 Å². The first-order valence-electron chi connectivity index (χ1n) is 11.5. The molecular formula is C27H33NO2S. The molecule has 0 bridgehead atoms. The summed E-state index contributed by atoms with van der Waals surface area (Å²) < 4.78 is 4.80. The van der Waals surface area contributed by atoms with Gasteiger partial charge in [-0.1, -0.05) is 56.5 Å². The Morgan fingerprint density at radius 2 is 1.90 bits per heavy atom. The number of benzene rings is 1. The number of thiophene rings is 1. The van der Waals surface area contributed by atoms with Crippen LogP contribution in [0.3, 0.4) is 0 Å². The highest BCUT2D eigenvalue weighted by Gasteiger charge is 2.30. The lowest BCUT2D eigenvalue weighted by Gasteiger charge is -2.21. The van der Waals surface area contributed by atoms with Crippen LogP contribution in [-0.4, -0.2) is 13.1 Å². The molecule has 1 aromatic carbocycles. The van der Waals surface area contributed by atoms with E-state index in [1.807, 2.05) is 12.1 Å². The van der Waals surface area contributed by atoms with Gasteiger partial charge in [-0.15, -0.1) is 11.3 Å². The summed E-state index contributed by atoms with van der Waals surface area (Å²) in [5.74, 6) is 0.432. The SMILES string of the molecule is CCCCCCc1ccc([C@H]2C(C#N)=CC[C@@H]2CCCc2ccc(C(=O)OC)s2)cc1. The largest absolute Gasteiger partial charge is 0.465 e. The van der Waals surface area contributed by atoms with E-state index in [1.54, 1.807) is 0 Å². The smallest absolute Gasteiger partial charge is 0.348 e. The lowest BCUT2D eigenvalue weighted by atomic mass is 9.82. The maximum absolute atomic E-state index is 11.6. The molecule has 0 radical (unpaired) electrons. The van der Waals surface area contributed by atoms with Crippen molar-refractivity contribution < 1.29 is 9.53 Å². The summed E-state index contributed by atoms with van der Waals surface area (Å²) in [5, 5.41) is 9.66. The van der Waals surface area contributed by atoms with Gasteiger partial charge in [-0.3, -0.25) is 0 Å². The molecule has 0 aliphatic heterocycles. The molecule has 31 heavy (non-hydrogen) atoms. The third-order valence-corrected chi connectivity index (χ3v) is 7.41. The molecule has 0 amide bonds. The standard InChI is InChI=1S/C27H33NO2S/c1-3-4-5-6-8-20-11-13-22(14-12-20)26-21(15-16-23(26)19-28)9-7-10-24-17-18-25(31-24)27(29)30-2/h11-14,16-18,21,26H,3-10,15H2,1-2H3/t21-,26-/m0/s1. The molecule has 3 nitrogen and oxygen atoms in total. The van der Waals surface area contributed by atoms with Crippen molar-refractivity contribution in [3.63, 3.8) is 0 Å². The molecule has 1 aliphatic carbocycles. The van der Waals surface area contributed by atoms with Crippen molar-refractivity contribution in [2.45, 2.75) is 70.6 Å². The molecule has 0 saturated carbocycles. The van der Waals surface area contributed by atoms with E-state index < -0.39 is 0 Å². The topological polar surface area (TPSA) is 50.1 Å². The van der Waals surface area contributed by atoms with Gasteiger partial charge < -0.3 is 4.74 Å². The number of carbonyl (C=O) groups is 1. The van der Waals surface area contributed by atoms with Gasteiger partial charge in [0.15, 0.2) is 0 Å². The number of allylic oxidation sites excluding steroid dienone is 2. The van der Waals surface area contributed by atoms with E-state index in [2.05, 4.69) is 43.3 Å². The van der Waals surface area contributed by atoms with Crippen LogP contribution < -0.4 is 0 Å². The Labute approximate surface area is 190 Å². The molecule has 1 heterocycles. The Kier molecular flexibility index (Phi) is 8.91. The molecule has 2 aromatic rings. The molecule has 0 N–H and O–H groups in total. The maximum atomic E-state index is 11.6. The minimum Gasteiger partial charge on any atom is -0.465 e. The van der Waals surface area contributed by atoms with Crippen LogP contribution in [0.1, 0.15) is 83.5 Å². The lowest BCUT2D eigenvalue weighted by molar-refractivity contribution is 0.0606. The summed E-state index contributed by atoms with van der Waals surface area (Å²) in [7, 11) is 1.42. The van der Waals surface area contributed by atoms with Gasteiger partial charge in [-0.05, 0) is 67.7 Å². The van der Waals surface area contributed by atoms with Gasteiger partial charge in [-0.25, -0.2) is 4.79 Å². The number of nitrogens with zero attached hydrogens (tertiary/aromatic N) is 1. The van der Waals surface area contributed by atoms with E-state index in [0.717, 1.165) is 37.7 Å². The zero-order valence-electron chi connectivity index (χ0n) is 18.7. The number of carbonyl (C=O) groups excluding carboxylic acids is 1. The van der Waals surface area contributed by atoms with Crippen molar-refractivity contribution in [2.75, 3.05) is 7.11 Å². The number of hydrogen-bond donors (Lipinski definition) is 0. The summed E-state index contributed by atoms with van der Waals surface area (Å²) >= 11 is 1.52. The van der Waals surface area contributed by atoms with Gasteiger partial charge in [0.1, 0.15) is 4.88 Å². The fourth-order valence-corrected chi connectivity index (χ4v) is 5.52. The zero-order valence-corrected chi connectivity index (χ0v) is 19.5. The molecule has 4 heteroatoms. The second-order valence-electron chi connectivity index (χ2n) is 8.45. The fourth-order valence-electron chi connectivity index (χ4n) is 4.56. The van der Waals surface area contributed by atoms with Crippen LogP contribution in [0.4, 0.5) is 0 Å². The van der Waals surface area contributed by atoms with Gasteiger partial charge in [0, 0.05) is 16.4 Å². The quantitative estimate of drug-likeness (QED) is 0.276. The average Bonchev–Trinajstić information content (AvgIpc) is 3.44. The number of rotatable bonds is 11. The number of esters is 1. The Balaban J connectivity index is 1.57. The minimum atomic E-state index is -0.260. The van der Waals surface area contributed by atoms with E-state index in [9.17, 15) is 10.1 Å². The lowest BCUT2D eigenvalue weighted by Crippen LogP contribution is -2.10. The van der Waals surface area contributed by atoms with Crippen molar-refractivity contribution in [1.29, 1.82) is 5.26 Å². The summed E-state index contributed by atoms with van der Waals surface area (Å²) in [4.78, 5) is 13.5. The summed E-state index contributed by atoms with van der Waals surface area (Å²) in [6, 6.07) is 15.3. The maximum Gasteiger partial charge on any atom is 0.348 e. The highest BCUT2D eigenvalue weighted by Crippen LogP contribution is 2.42. The Hall–Kier alpha value is -2.38. The van der Waals surface area contributed by atoms with Crippen LogP contribution in [-0.2, 0) is 17.6 Å². The average molecular weight is 436 g/mol. The molecular weight excluding hydrogens is 402 g/mol. The first-order valence-corrected chi connectivity index (χ1v) is 12.3. The van der Waals surface area contributed by atoms with E-state index in [-0.39, 0.29) is 11.9 Å². The first-order chi connectivity index (χ1) is 15.2. The Bertz CT molecular complexity index is 919. The second-order valence-corrected chi connectivity index (χ2v) is 9.62. The van der Waals surface area contributed by atoms with Crippen LogP contribution in [0.15, 0.2) is 48.0 Å². The normalized spacial score (nSPS) is 17.9. The number of nitriles is 1. The van der Waals surface area contributed by atoms with Crippen molar-refractivity contribution in [1.82, 2.24) is 0 Å². The zero-order chi connectivity index (χ0) is 22.1. The van der Waals surface area contributed by atoms with Crippen LogP contribution in [0.25, 0.3) is 0 Å². The van der Waals surface area contributed by atoms with Crippen molar-refractivity contribution in [3.8, 4) is 6.07 Å². The molecule has 2 atom stereocenters. The van der Waals surface area contributed by atoms with E-state index in [0.29, 0.717) is 10.8 Å². The Morgan fingerprint density at radius 1 is 1.10 bits per heavy atom. The van der Waals surface area contributed by atoms with Crippen LogP contribution in [0.2, 0.25) is 0 Å². The number of ether oxygens (including phenoxy) is 1. The molecule has 0 saturated heterocycles. The van der Waals surface area contributed by atoms with Gasteiger partial charge in [0.05, 0.1) is 13.2 Å². The first kappa shape index (κ1) is 23.3. The second kappa shape index (κ2) is 11.9. The van der Waals surface area contributed by atoms with Crippen molar-refractivity contribution >= 4 is 17.3 Å². The van der Waals surface area contributed by atoms with E-state index in [4.69, 9.17) is 4.74 Å². The third-order valence-electron chi connectivity index (χ3n) is 6.28. The highest BCUT2D eigenvalue weighted by molar-refractivity contribution is 7.13. The third kappa shape index (κ3) is 6.31. The number of unbranched alkanes of at least 4 members (excludes halogenated alkanes) is 3. The van der Waals surface area contributed by atoms with Gasteiger partial charge in [-0.2, -0.15) is 5.26 Å². The summed E-state index contributed by atoms with van der Waals surface area (Å²) in [6.45, 7) is 2.24. The minimum absolute atomic E-state index is 0.216. The van der Waals surface area contributed by atoms with Gasteiger partial charge >= 0.3 is 5.97 Å². The molecule has 0 fully saturated rings. The molecule has 0 unspecified atom stereocenters. The summed E-state index contributed by atoms with van der Waals surface area (Å²) in [6.07, 6.45) is 12.5. The molecule has 1 aromatic heterocycles.